The molecule has 1 heterocycles. The molecule has 3 N–H and O–H groups in total. The molecule has 132 valence electrons. The standard InChI is InChI=1S/C21H27N3O/c1-16-9-11-17(12-10-16)15-20(21(25)24-13-5-2-6-14-24)23-19-8-4-3-7-18(19)22/h3-4,7-12,20,23H,2,5-6,13-15,22H2,1H3/t20-/m0/s1. The number of rotatable bonds is 5. The third-order valence-corrected chi connectivity index (χ3v) is 4.82. The van der Waals surface area contributed by atoms with Crippen LogP contribution in [0.2, 0.25) is 0 Å². The minimum Gasteiger partial charge on any atom is -0.397 e. The maximum absolute atomic E-state index is 13.1. The van der Waals surface area contributed by atoms with Crippen LogP contribution < -0.4 is 11.1 Å². The smallest absolute Gasteiger partial charge is 0.245 e. The summed E-state index contributed by atoms with van der Waals surface area (Å²) in [4.78, 5) is 15.1. The SMILES string of the molecule is Cc1ccc(C[C@H](Nc2ccccc2N)C(=O)N2CCCCC2)cc1. The van der Waals surface area contributed by atoms with E-state index in [1.165, 1.54) is 12.0 Å². The molecule has 1 atom stereocenters. The average Bonchev–Trinajstić information content (AvgIpc) is 2.65. The summed E-state index contributed by atoms with van der Waals surface area (Å²) in [5.74, 6) is 0.170. The summed E-state index contributed by atoms with van der Waals surface area (Å²) in [7, 11) is 0. The van der Waals surface area contributed by atoms with Crippen LogP contribution in [0.1, 0.15) is 30.4 Å². The maximum atomic E-state index is 13.1. The second-order valence-corrected chi connectivity index (χ2v) is 6.86. The quantitative estimate of drug-likeness (QED) is 0.820. The van der Waals surface area contributed by atoms with Gasteiger partial charge in [-0.3, -0.25) is 4.79 Å². The molecule has 2 aromatic carbocycles. The van der Waals surface area contributed by atoms with Crippen molar-refractivity contribution < 1.29 is 4.79 Å². The fourth-order valence-electron chi connectivity index (χ4n) is 3.31. The Morgan fingerprint density at radius 2 is 1.76 bits per heavy atom. The topological polar surface area (TPSA) is 58.4 Å². The third kappa shape index (κ3) is 4.53. The largest absolute Gasteiger partial charge is 0.397 e. The van der Waals surface area contributed by atoms with E-state index >= 15 is 0 Å². The van der Waals surface area contributed by atoms with Crippen molar-refractivity contribution in [1.82, 2.24) is 4.90 Å². The second-order valence-electron chi connectivity index (χ2n) is 6.86. The van der Waals surface area contributed by atoms with Gasteiger partial charge in [0, 0.05) is 19.5 Å². The van der Waals surface area contributed by atoms with E-state index in [0.717, 1.165) is 37.2 Å². The number of likely N-dealkylation sites (tertiary alicyclic amines) is 1. The van der Waals surface area contributed by atoms with Crippen molar-refractivity contribution in [3.8, 4) is 0 Å². The molecule has 0 aliphatic carbocycles. The molecule has 4 heteroatoms. The predicted molar refractivity (Wildman–Crippen MR) is 104 cm³/mol. The van der Waals surface area contributed by atoms with Gasteiger partial charge >= 0.3 is 0 Å². The fourth-order valence-corrected chi connectivity index (χ4v) is 3.31. The predicted octanol–water partition coefficient (Wildman–Crippen LogP) is 3.61. The lowest BCUT2D eigenvalue weighted by Crippen LogP contribution is -2.46. The van der Waals surface area contributed by atoms with Gasteiger partial charge in [-0.05, 0) is 43.9 Å². The van der Waals surface area contributed by atoms with E-state index in [1.54, 1.807) is 0 Å². The zero-order chi connectivity index (χ0) is 17.6. The summed E-state index contributed by atoms with van der Waals surface area (Å²) in [6.45, 7) is 3.79. The number of nitrogens with two attached hydrogens (primary N) is 1. The first-order valence-corrected chi connectivity index (χ1v) is 9.09. The maximum Gasteiger partial charge on any atom is 0.245 e. The number of carbonyl (C=O) groups is 1. The Bertz CT molecular complexity index is 705. The summed E-state index contributed by atoms with van der Waals surface area (Å²) in [6, 6.07) is 15.7. The molecule has 0 spiro atoms. The molecule has 0 aromatic heterocycles. The molecule has 4 nitrogen and oxygen atoms in total. The molecular weight excluding hydrogens is 310 g/mol. The van der Waals surface area contributed by atoms with E-state index in [9.17, 15) is 4.79 Å². The highest BCUT2D eigenvalue weighted by Gasteiger charge is 2.26. The molecule has 3 rings (SSSR count). The molecule has 1 saturated heterocycles. The molecule has 1 aliphatic heterocycles. The van der Waals surface area contributed by atoms with Gasteiger partial charge in [0.05, 0.1) is 11.4 Å². The van der Waals surface area contributed by atoms with Crippen molar-refractivity contribution in [2.45, 2.75) is 38.6 Å². The number of para-hydroxylation sites is 2. The van der Waals surface area contributed by atoms with Crippen molar-refractivity contribution >= 4 is 17.3 Å². The monoisotopic (exact) mass is 337 g/mol. The number of nitrogen functional groups attached to an aromatic ring is 1. The zero-order valence-corrected chi connectivity index (χ0v) is 14.9. The van der Waals surface area contributed by atoms with Crippen molar-refractivity contribution in [2.75, 3.05) is 24.1 Å². The van der Waals surface area contributed by atoms with E-state index in [1.807, 2.05) is 29.2 Å². The Morgan fingerprint density at radius 1 is 1.08 bits per heavy atom. The summed E-state index contributed by atoms with van der Waals surface area (Å²) >= 11 is 0. The van der Waals surface area contributed by atoms with Gasteiger partial charge in [0.25, 0.3) is 0 Å². The number of aryl methyl sites for hydroxylation is 1. The summed E-state index contributed by atoms with van der Waals surface area (Å²) in [5.41, 5.74) is 9.95. The van der Waals surface area contributed by atoms with Crippen molar-refractivity contribution in [2.24, 2.45) is 0 Å². The first kappa shape index (κ1) is 17.3. The fraction of sp³-hybridized carbons (Fsp3) is 0.381. The van der Waals surface area contributed by atoms with Crippen molar-refractivity contribution in [3.63, 3.8) is 0 Å². The summed E-state index contributed by atoms with van der Waals surface area (Å²) in [6.07, 6.45) is 4.06. The van der Waals surface area contributed by atoms with Crippen LogP contribution >= 0.6 is 0 Å². The molecule has 0 unspecified atom stereocenters. The van der Waals surface area contributed by atoms with Crippen molar-refractivity contribution in [1.29, 1.82) is 0 Å². The van der Waals surface area contributed by atoms with Gasteiger partial charge in [-0.1, -0.05) is 42.0 Å². The van der Waals surface area contributed by atoms with Gasteiger partial charge < -0.3 is 16.0 Å². The molecule has 2 aromatic rings. The Kier molecular flexibility index (Phi) is 5.59. The molecule has 0 saturated carbocycles. The van der Waals surface area contributed by atoms with Gasteiger partial charge in [0.2, 0.25) is 5.91 Å². The second kappa shape index (κ2) is 8.06. The first-order valence-electron chi connectivity index (χ1n) is 9.09. The van der Waals surface area contributed by atoms with Crippen LogP contribution in [0.4, 0.5) is 11.4 Å². The molecule has 1 fully saturated rings. The Hall–Kier alpha value is -2.49. The normalized spacial score (nSPS) is 15.6. The molecule has 0 bridgehead atoms. The van der Waals surface area contributed by atoms with E-state index in [2.05, 4.69) is 36.5 Å². The van der Waals surface area contributed by atoms with Crippen LogP contribution in [-0.4, -0.2) is 29.9 Å². The number of hydrogen-bond donors (Lipinski definition) is 2. The minimum absolute atomic E-state index is 0.170. The van der Waals surface area contributed by atoms with Crippen LogP contribution in [-0.2, 0) is 11.2 Å². The minimum atomic E-state index is -0.300. The number of benzene rings is 2. The van der Waals surface area contributed by atoms with Crippen LogP contribution in [0.3, 0.4) is 0 Å². The molecular formula is C21H27N3O. The summed E-state index contributed by atoms with van der Waals surface area (Å²) < 4.78 is 0. The number of anilines is 2. The lowest BCUT2D eigenvalue weighted by Gasteiger charge is -2.31. The van der Waals surface area contributed by atoms with Gasteiger partial charge in [-0.2, -0.15) is 0 Å². The van der Waals surface area contributed by atoms with E-state index in [4.69, 9.17) is 5.73 Å². The van der Waals surface area contributed by atoms with E-state index in [-0.39, 0.29) is 11.9 Å². The highest BCUT2D eigenvalue weighted by Crippen LogP contribution is 2.21. The number of amides is 1. The Balaban J connectivity index is 1.80. The van der Waals surface area contributed by atoms with E-state index < -0.39 is 0 Å². The highest BCUT2D eigenvalue weighted by atomic mass is 16.2. The third-order valence-electron chi connectivity index (χ3n) is 4.82. The number of carbonyl (C=O) groups excluding carboxylic acids is 1. The highest BCUT2D eigenvalue weighted by molar-refractivity contribution is 5.86. The lowest BCUT2D eigenvalue weighted by atomic mass is 10.0. The lowest BCUT2D eigenvalue weighted by molar-refractivity contribution is -0.132. The van der Waals surface area contributed by atoms with Crippen LogP contribution in [0.15, 0.2) is 48.5 Å². The average molecular weight is 337 g/mol. The number of nitrogens with one attached hydrogen (secondary N) is 1. The Labute approximate surface area is 150 Å². The molecule has 0 radical (unpaired) electrons. The van der Waals surface area contributed by atoms with Gasteiger partial charge in [-0.15, -0.1) is 0 Å². The van der Waals surface area contributed by atoms with E-state index in [0.29, 0.717) is 12.1 Å². The van der Waals surface area contributed by atoms with Crippen LogP contribution in [0.5, 0.6) is 0 Å². The number of nitrogens with zero attached hydrogens (tertiary/aromatic N) is 1. The molecule has 1 aliphatic rings. The van der Waals surface area contributed by atoms with Crippen LogP contribution in [0.25, 0.3) is 0 Å². The summed E-state index contributed by atoms with van der Waals surface area (Å²) in [5, 5.41) is 3.39. The molecule has 1 amide bonds. The van der Waals surface area contributed by atoms with Crippen LogP contribution in [0, 0.1) is 6.92 Å². The first-order chi connectivity index (χ1) is 12.1. The zero-order valence-electron chi connectivity index (χ0n) is 14.9. The van der Waals surface area contributed by atoms with Gasteiger partial charge in [-0.25, -0.2) is 0 Å². The van der Waals surface area contributed by atoms with Gasteiger partial charge in [0.1, 0.15) is 6.04 Å². The number of hydrogen-bond acceptors (Lipinski definition) is 3. The molecule has 25 heavy (non-hydrogen) atoms. The number of piperidine rings is 1. The van der Waals surface area contributed by atoms with Crippen molar-refractivity contribution in [3.05, 3.63) is 59.7 Å². The Morgan fingerprint density at radius 3 is 2.44 bits per heavy atom. The van der Waals surface area contributed by atoms with Gasteiger partial charge in [0.15, 0.2) is 0 Å².